The van der Waals surface area contributed by atoms with E-state index >= 15 is 0 Å². The number of likely N-dealkylation sites (tertiary alicyclic amines) is 1. The lowest BCUT2D eigenvalue weighted by atomic mass is 10.2. The molecule has 24 heavy (non-hydrogen) atoms. The summed E-state index contributed by atoms with van der Waals surface area (Å²) in [7, 11) is 0. The van der Waals surface area contributed by atoms with E-state index in [4.69, 9.17) is 23.2 Å². The number of nitrogens with one attached hydrogen (secondary N) is 2. The molecule has 0 aliphatic carbocycles. The number of halogens is 2. The molecule has 126 valence electrons. The molecule has 0 bridgehead atoms. The first-order valence-electron chi connectivity index (χ1n) is 7.89. The summed E-state index contributed by atoms with van der Waals surface area (Å²) in [6.07, 6.45) is 0.946. The third kappa shape index (κ3) is 4.63. The Morgan fingerprint density at radius 3 is 2.67 bits per heavy atom. The van der Waals surface area contributed by atoms with Gasteiger partial charge in [0.1, 0.15) is 0 Å². The van der Waals surface area contributed by atoms with Crippen LogP contribution >= 0.6 is 23.2 Å². The highest BCUT2D eigenvalue weighted by Crippen LogP contribution is 2.25. The van der Waals surface area contributed by atoms with Gasteiger partial charge in [0, 0.05) is 31.4 Å². The second kappa shape index (κ2) is 7.88. The number of rotatable bonds is 4. The van der Waals surface area contributed by atoms with Crippen LogP contribution in [0.4, 0.5) is 10.5 Å². The van der Waals surface area contributed by atoms with Gasteiger partial charge in [-0.05, 0) is 30.2 Å². The number of amides is 2. The summed E-state index contributed by atoms with van der Waals surface area (Å²) < 4.78 is 0. The van der Waals surface area contributed by atoms with Gasteiger partial charge in [0.2, 0.25) is 0 Å². The molecule has 0 aromatic heterocycles. The quantitative estimate of drug-likeness (QED) is 0.845. The molecule has 2 amide bonds. The molecule has 2 aromatic carbocycles. The van der Waals surface area contributed by atoms with Gasteiger partial charge in [0.25, 0.3) is 0 Å². The summed E-state index contributed by atoms with van der Waals surface area (Å²) in [5.74, 6) is 0. The van der Waals surface area contributed by atoms with Crippen LogP contribution in [0.2, 0.25) is 10.0 Å². The molecule has 1 saturated heterocycles. The SMILES string of the molecule is O=C(Nc1ccc(Cl)c(Cl)c1)N[C@@H]1CCN(Cc2ccccc2)C1. The van der Waals surface area contributed by atoms with Crippen LogP contribution in [0.1, 0.15) is 12.0 Å². The molecular formula is C18H19Cl2N3O. The van der Waals surface area contributed by atoms with Crippen LogP contribution in [0.5, 0.6) is 0 Å². The lowest BCUT2D eigenvalue weighted by molar-refractivity contribution is 0.247. The molecule has 0 spiro atoms. The number of carbonyl (C=O) groups excluding carboxylic acids is 1. The van der Waals surface area contributed by atoms with Crippen molar-refractivity contribution in [2.45, 2.75) is 19.0 Å². The maximum absolute atomic E-state index is 12.1. The smallest absolute Gasteiger partial charge is 0.319 e. The van der Waals surface area contributed by atoms with Gasteiger partial charge in [-0.2, -0.15) is 0 Å². The Labute approximate surface area is 151 Å². The maximum Gasteiger partial charge on any atom is 0.319 e. The van der Waals surface area contributed by atoms with Gasteiger partial charge in [-0.25, -0.2) is 4.79 Å². The van der Waals surface area contributed by atoms with Crippen molar-refractivity contribution < 1.29 is 4.79 Å². The van der Waals surface area contributed by atoms with Crippen molar-refractivity contribution >= 4 is 34.9 Å². The van der Waals surface area contributed by atoms with Crippen LogP contribution in [0, 0.1) is 0 Å². The van der Waals surface area contributed by atoms with Crippen molar-refractivity contribution in [1.82, 2.24) is 10.2 Å². The van der Waals surface area contributed by atoms with E-state index in [1.807, 2.05) is 18.2 Å². The van der Waals surface area contributed by atoms with Gasteiger partial charge in [-0.1, -0.05) is 53.5 Å². The zero-order valence-electron chi connectivity index (χ0n) is 13.1. The van der Waals surface area contributed by atoms with E-state index in [9.17, 15) is 4.79 Å². The predicted octanol–water partition coefficient (Wildman–Crippen LogP) is 4.39. The zero-order chi connectivity index (χ0) is 16.9. The number of carbonyl (C=O) groups is 1. The van der Waals surface area contributed by atoms with Crippen molar-refractivity contribution in [3.63, 3.8) is 0 Å². The molecule has 1 aliphatic heterocycles. The lowest BCUT2D eigenvalue weighted by Gasteiger charge is -2.17. The van der Waals surface area contributed by atoms with Gasteiger partial charge in [0.05, 0.1) is 10.0 Å². The Kier molecular flexibility index (Phi) is 5.61. The van der Waals surface area contributed by atoms with Gasteiger partial charge >= 0.3 is 6.03 Å². The first kappa shape index (κ1) is 17.1. The van der Waals surface area contributed by atoms with E-state index in [-0.39, 0.29) is 12.1 Å². The second-order valence-corrected chi connectivity index (χ2v) is 6.75. The molecule has 3 rings (SSSR count). The Hall–Kier alpha value is -1.75. The van der Waals surface area contributed by atoms with Gasteiger partial charge in [-0.15, -0.1) is 0 Å². The van der Waals surface area contributed by atoms with Crippen molar-refractivity contribution in [3.8, 4) is 0 Å². The van der Waals surface area contributed by atoms with E-state index in [2.05, 4.69) is 27.7 Å². The van der Waals surface area contributed by atoms with Crippen LogP contribution in [0.25, 0.3) is 0 Å². The minimum atomic E-state index is -0.222. The minimum Gasteiger partial charge on any atom is -0.334 e. The van der Waals surface area contributed by atoms with Crippen LogP contribution in [-0.4, -0.2) is 30.1 Å². The van der Waals surface area contributed by atoms with E-state index in [0.29, 0.717) is 15.7 Å². The molecule has 2 N–H and O–H groups in total. The Morgan fingerprint density at radius 1 is 1.12 bits per heavy atom. The Morgan fingerprint density at radius 2 is 1.92 bits per heavy atom. The number of urea groups is 1. The summed E-state index contributed by atoms with van der Waals surface area (Å²) in [6.45, 7) is 2.74. The van der Waals surface area contributed by atoms with Crippen LogP contribution in [-0.2, 0) is 6.54 Å². The average molecular weight is 364 g/mol. The molecule has 1 fully saturated rings. The number of nitrogens with zero attached hydrogens (tertiary/aromatic N) is 1. The van der Waals surface area contributed by atoms with Crippen molar-refractivity contribution in [2.24, 2.45) is 0 Å². The highest BCUT2D eigenvalue weighted by molar-refractivity contribution is 6.42. The summed E-state index contributed by atoms with van der Waals surface area (Å²) in [5, 5.41) is 6.69. The zero-order valence-corrected chi connectivity index (χ0v) is 14.6. The third-order valence-electron chi connectivity index (χ3n) is 4.03. The summed E-state index contributed by atoms with van der Waals surface area (Å²) in [6, 6.07) is 15.3. The van der Waals surface area contributed by atoms with Crippen LogP contribution in [0.3, 0.4) is 0 Å². The van der Waals surface area contributed by atoms with E-state index in [0.717, 1.165) is 26.1 Å². The highest BCUT2D eigenvalue weighted by Gasteiger charge is 2.23. The van der Waals surface area contributed by atoms with Crippen molar-refractivity contribution in [3.05, 3.63) is 64.1 Å². The van der Waals surface area contributed by atoms with E-state index in [1.54, 1.807) is 18.2 Å². The van der Waals surface area contributed by atoms with E-state index < -0.39 is 0 Å². The highest BCUT2D eigenvalue weighted by atomic mass is 35.5. The maximum atomic E-state index is 12.1. The van der Waals surface area contributed by atoms with Crippen LogP contribution in [0.15, 0.2) is 48.5 Å². The molecule has 0 saturated carbocycles. The molecular weight excluding hydrogens is 345 g/mol. The minimum absolute atomic E-state index is 0.150. The predicted molar refractivity (Wildman–Crippen MR) is 98.7 cm³/mol. The standard InChI is InChI=1S/C18H19Cl2N3O/c19-16-7-6-14(10-17(16)20)21-18(24)22-15-8-9-23(12-15)11-13-4-2-1-3-5-13/h1-7,10,15H,8-9,11-12H2,(H2,21,22,24)/t15-/m1/s1. The number of hydrogen-bond donors (Lipinski definition) is 2. The average Bonchev–Trinajstić information content (AvgIpc) is 2.99. The molecule has 1 heterocycles. The second-order valence-electron chi connectivity index (χ2n) is 5.93. The fraction of sp³-hybridized carbons (Fsp3) is 0.278. The number of hydrogen-bond acceptors (Lipinski definition) is 2. The first-order valence-corrected chi connectivity index (χ1v) is 8.64. The molecule has 2 aromatic rings. The van der Waals surface area contributed by atoms with Gasteiger partial charge < -0.3 is 10.6 Å². The molecule has 0 unspecified atom stereocenters. The normalized spacial score (nSPS) is 17.7. The molecule has 6 heteroatoms. The molecule has 1 atom stereocenters. The molecule has 4 nitrogen and oxygen atoms in total. The summed E-state index contributed by atoms with van der Waals surface area (Å²) in [5.41, 5.74) is 1.92. The Balaban J connectivity index is 1.48. The summed E-state index contributed by atoms with van der Waals surface area (Å²) >= 11 is 11.8. The first-order chi connectivity index (χ1) is 11.6. The van der Waals surface area contributed by atoms with E-state index in [1.165, 1.54) is 5.56 Å². The third-order valence-corrected chi connectivity index (χ3v) is 4.77. The van der Waals surface area contributed by atoms with Crippen molar-refractivity contribution in [2.75, 3.05) is 18.4 Å². The number of anilines is 1. The molecule has 0 radical (unpaired) electrons. The fourth-order valence-corrected chi connectivity index (χ4v) is 3.16. The largest absolute Gasteiger partial charge is 0.334 e. The number of benzene rings is 2. The molecule has 1 aliphatic rings. The summed E-state index contributed by atoms with van der Waals surface area (Å²) in [4.78, 5) is 14.5. The van der Waals surface area contributed by atoms with Crippen molar-refractivity contribution in [1.29, 1.82) is 0 Å². The lowest BCUT2D eigenvalue weighted by Crippen LogP contribution is -2.39. The van der Waals surface area contributed by atoms with Gasteiger partial charge in [0.15, 0.2) is 0 Å². The topological polar surface area (TPSA) is 44.4 Å². The monoisotopic (exact) mass is 363 g/mol. The van der Waals surface area contributed by atoms with Gasteiger partial charge in [-0.3, -0.25) is 4.90 Å². The Bertz CT molecular complexity index is 709. The fourth-order valence-electron chi connectivity index (χ4n) is 2.86. The van der Waals surface area contributed by atoms with Crippen LogP contribution < -0.4 is 10.6 Å².